The number of aromatic nitrogens is 2. The fourth-order valence-corrected chi connectivity index (χ4v) is 3.68. The van der Waals surface area contributed by atoms with Crippen LogP contribution < -0.4 is 15.4 Å². The van der Waals surface area contributed by atoms with Crippen LogP contribution in [0.4, 0.5) is 10.1 Å². The van der Waals surface area contributed by atoms with E-state index in [0.29, 0.717) is 54.4 Å². The number of rotatable bonds is 6. The number of ether oxygens (including phenoxy) is 1. The Morgan fingerprint density at radius 2 is 1.97 bits per heavy atom. The first-order chi connectivity index (χ1) is 14.9. The third kappa shape index (κ3) is 4.42. The molecule has 3 aromatic rings. The number of carbonyl (C=O) groups is 2. The minimum Gasteiger partial charge on any atom is -0.492 e. The zero-order chi connectivity index (χ0) is 22.0. The summed E-state index contributed by atoms with van der Waals surface area (Å²) in [5.41, 5.74) is 4.32. The van der Waals surface area contributed by atoms with Gasteiger partial charge < -0.3 is 15.4 Å². The Balaban J connectivity index is 1.35. The standard InChI is InChI=1S/C23H23FN4O3/c1-14-22(15(2)28(27-14)18-6-4-17(24)5-7-18)23(30)25-11-12-31-19-8-9-20-16(13-19)3-10-21(29)26-20/h4-9,13H,3,10-12H2,1-2H3,(H,25,30)(H,26,29). The molecule has 0 atom stereocenters. The second kappa shape index (κ2) is 8.59. The Bertz CT molecular complexity index is 1140. The molecule has 4 rings (SSSR count). The molecular weight excluding hydrogens is 399 g/mol. The van der Waals surface area contributed by atoms with Crippen LogP contribution in [0.15, 0.2) is 42.5 Å². The summed E-state index contributed by atoms with van der Waals surface area (Å²) in [6, 6.07) is 11.5. The molecule has 0 saturated carbocycles. The minimum absolute atomic E-state index is 0.0252. The fraction of sp³-hybridized carbons (Fsp3) is 0.261. The van der Waals surface area contributed by atoms with E-state index in [1.165, 1.54) is 12.1 Å². The van der Waals surface area contributed by atoms with Crippen LogP contribution in [-0.4, -0.2) is 34.7 Å². The van der Waals surface area contributed by atoms with Crippen molar-refractivity contribution in [1.29, 1.82) is 0 Å². The second-order valence-corrected chi connectivity index (χ2v) is 7.41. The third-order valence-electron chi connectivity index (χ3n) is 5.22. The highest BCUT2D eigenvalue weighted by Gasteiger charge is 2.19. The van der Waals surface area contributed by atoms with Crippen LogP contribution >= 0.6 is 0 Å². The highest BCUT2D eigenvalue weighted by atomic mass is 19.1. The summed E-state index contributed by atoms with van der Waals surface area (Å²) in [5, 5.41) is 10.1. The van der Waals surface area contributed by atoms with Crippen LogP contribution in [0.2, 0.25) is 0 Å². The van der Waals surface area contributed by atoms with Crippen molar-refractivity contribution in [3.05, 3.63) is 70.8 Å². The van der Waals surface area contributed by atoms with Gasteiger partial charge in [-0.1, -0.05) is 0 Å². The Morgan fingerprint density at radius 3 is 2.74 bits per heavy atom. The first kappa shape index (κ1) is 20.6. The average Bonchev–Trinajstić information content (AvgIpc) is 3.05. The van der Waals surface area contributed by atoms with Gasteiger partial charge in [-0.05, 0) is 68.3 Å². The van der Waals surface area contributed by atoms with Gasteiger partial charge in [-0.2, -0.15) is 5.10 Å². The molecule has 2 amide bonds. The fourth-order valence-electron chi connectivity index (χ4n) is 3.68. The number of halogens is 1. The summed E-state index contributed by atoms with van der Waals surface area (Å²) in [4.78, 5) is 24.1. The first-order valence-corrected chi connectivity index (χ1v) is 10.1. The largest absolute Gasteiger partial charge is 0.492 e. The number of anilines is 1. The zero-order valence-electron chi connectivity index (χ0n) is 17.4. The molecule has 0 aliphatic carbocycles. The van der Waals surface area contributed by atoms with Gasteiger partial charge >= 0.3 is 0 Å². The summed E-state index contributed by atoms with van der Waals surface area (Å²) in [7, 11) is 0. The van der Waals surface area contributed by atoms with E-state index >= 15 is 0 Å². The van der Waals surface area contributed by atoms with Crippen molar-refractivity contribution < 1.29 is 18.7 Å². The molecule has 7 nitrogen and oxygen atoms in total. The van der Waals surface area contributed by atoms with Crippen molar-refractivity contribution in [2.75, 3.05) is 18.5 Å². The SMILES string of the molecule is Cc1nn(-c2ccc(F)cc2)c(C)c1C(=O)NCCOc1ccc2c(c1)CCC(=O)N2. The third-order valence-corrected chi connectivity index (χ3v) is 5.22. The monoisotopic (exact) mass is 422 g/mol. The second-order valence-electron chi connectivity index (χ2n) is 7.41. The van der Waals surface area contributed by atoms with Crippen LogP contribution in [0.1, 0.15) is 33.7 Å². The molecule has 1 aliphatic heterocycles. The molecule has 2 N–H and O–H groups in total. The smallest absolute Gasteiger partial charge is 0.255 e. The van der Waals surface area contributed by atoms with E-state index in [9.17, 15) is 14.0 Å². The number of hydrogen-bond donors (Lipinski definition) is 2. The van der Waals surface area contributed by atoms with Gasteiger partial charge in [-0.3, -0.25) is 9.59 Å². The number of benzene rings is 2. The molecule has 1 aromatic heterocycles. The van der Waals surface area contributed by atoms with Gasteiger partial charge in [0.1, 0.15) is 18.2 Å². The molecule has 2 heterocycles. The highest BCUT2D eigenvalue weighted by molar-refractivity contribution is 5.96. The van der Waals surface area contributed by atoms with E-state index in [1.54, 1.807) is 36.7 Å². The number of nitrogens with one attached hydrogen (secondary N) is 2. The number of hydrogen-bond acceptors (Lipinski definition) is 4. The van der Waals surface area contributed by atoms with Crippen LogP contribution in [0.25, 0.3) is 5.69 Å². The predicted molar refractivity (Wildman–Crippen MR) is 114 cm³/mol. The Kier molecular flexibility index (Phi) is 5.70. The maximum absolute atomic E-state index is 13.2. The first-order valence-electron chi connectivity index (χ1n) is 10.1. The van der Waals surface area contributed by atoms with E-state index in [2.05, 4.69) is 15.7 Å². The van der Waals surface area contributed by atoms with Gasteiger partial charge in [0.15, 0.2) is 0 Å². The number of carbonyl (C=O) groups excluding carboxylic acids is 2. The number of fused-ring (bicyclic) bond motifs is 1. The lowest BCUT2D eigenvalue weighted by atomic mass is 10.0. The van der Waals surface area contributed by atoms with Crippen LogP contribution in [-0.2, 0) is 11.2 Å². The van der Waals surface area contributed by atoms with Gasteiger partial charge in [0.25, 0.3) is 5.91 Å². The molecule has 0 bridgehead atoms. The average molecular weight is 422 g/mol. The number of aryl methyl sites for hydroxylation is 2. The van der Waals surface area contributed by atoms with Crippen molar-refractivity contribution in [3.63, 3.8) is 0 Å². The van der Waals surface area contributed by atoms with Gasteiger partial charge in [0, 0.05) is 12.1 Å². The molecule has 160 valence electrons. The molecule has 0 unspecified atom stereocenters. The summed E-state index contributed by atoms with van der Waals surface area (Å²) in [6.07, 6.45) is 1.16. The minimum atomic E-state index is -0.327. The molecule has 1 aliphatic rings. The van der Waals surface area contributed by atoms with Crippen molar-refractivity contribution in [2.45, 2.75) is 26.7 Å². The summed E-state index contributed by atoms with van der Waals surface area (Å²) >= 11 is 0. The van der Waals surface area contributed by atoms with E-state index < -0.39 is 0 Å². The van der Waals surface area contributed by atoms with Crippen molar-refractivity contribution >= 4 is 17.5 Å². The van der Waals surface area contributed by atoms with Crippen LogP contribution in [0.5, 0.6) is 5.75 Å². The lowest BCUT2D eigenvalue weighted by Gasteiger charge is -2.17. The number of nitrogens with zero attached hydrogens (tertiary/aromatic N) is 2. The van der Waals surface area contributed by atoms with Gasteiger partial charge in [0.05, 0.1) is 29.2 Å². The Labute approximate surface area is 179 Å². The van der Waals surface area contributed by atoms with Crippen LogP contribution in [0, 0.1) is 19.7 Å². The summed E-state index contributed by atoms with van der Waals surface area (Å²) in [5.74, 6) is 0.157. The maximum Gasteiger partial charge on any atom is 0.255 e. The lowest BCUT2D eigenvalue weighted by Crippen LogP contribution is -2.29. The number of amides is 2. The molecule has 0 radical (unpaired) electrons. The molecular formula is C23H23FN4O3. The van der Waals surface area contributed by atoms with Crippen molar-refractivity contribution in [2.24, 2.45) is 0 Å². The van der Waals surface area contributed by atoms with E-state index in [-0.39, 0.29) is 17.6 Å². The van der Waals surface area contributed by atoms with Gasteiger partial charge in [0.2, 0.25) is 5.91 Å². The topological polar surface area (TPSA) is 85.2 Å². The molecule has 0 fully saturated rings. The quantitative estimate of drug-likeness (QED) is 0.597. The Morgan fingerprint density at radius 1 is 1.19 bits per heavy atom. The molecule has 31 heavy (non-hydrogen) atoms. The molecule has 0 spiro atoms. The lowest BCUT2D eigenvalue weighted by molar-refractivity contribution is -0.116. The highest BCUT2D eigenvalue weighted by Crippen LogP contribution is 2.26. The molecule has 0 saturated heterocycles. The van der Waals surface area contributed by atoms with Gasteiger partial charge in [-0.25, -0.2) is 9.07 Å². The maximum atomic E-state index is 13.2. The zero-order valence-corrected chi connectivity index (χ0v) is 17.4. The Hall–Kier alpha value is -3.68. The van der Waals surface area contributed by atoms with Crippen molar-refractivity contribution in [1.82, 2.24) is 15.1 Å². The van der Waals surface area contributed by atoms with E-state index in [1.807, 2.05) is 12.1 Å². The normalized spacial score (nSPS) is 12.8. The summed E-state index contributed by atoms with van der Waals surface area (Å²) < 4.78 is 20.6. The van der Waals surface area contributed by atoms with E-state index in [0.717, 1.165) is 11.3 Å². The molecule has 8 heteroatoms. The van der Waals surface area contributed by atoms with E-state index in [4.69, 9.17) is 4.74 Å². The van der Waals surface area contributed by atoms with Gasteiger partial charge in [-0.15, -0.1) is 0 Å². The van der Waals surface area contributed by atoms with Crippen molar-refractivity contribution in [3.8, 4) is 11.4 Å². The predicted octanol–water partition coefficient (Wildman–Crippen LogP) is 3.32. The summed E-state index contributed by atoms with van der Waals surface area (Å²) in [6.45, 7) is 4.21. The van der Waals surface area contributed by atoms with Crippen LogP contribution in [0.3, 0.4) is 0 Å². The molecule has 2 aromatic carbocycles.